The number of nitrogens with zero attached hydrogens (tertiary/aromatic N) is 4. The summed E-state index contributed by atoms with van der Waals surface area (Å²) in [5.74, 6) is 0.257. The number of carbonyl (C=O) groups is 1. The van der Waals surface area contributed by atoms with Crippen LogP contribution < -0.4 is 0 Å². The van der Waals surface area contributed by atoms with E-state index in [1.54, 1.807) is 0 Å². The third-order valence-corrected chi connectivity index (χ3v) is 4.36. The Morgan fingerprint density at radius 3 is 2.78 bits per heavy atom. The molecule has 1 aromatic carbocycles. The van der Waals surface area contributed by atoms with Gasteiger partial charge in [-0.2, -0.15) is 5.10 Å². The lowest BCUT2D eigenvalue weighted by molar-refractivity contribution is -0.131. The van der Waals surface area contributed by atoms with E-state index in [0.29, 0.717) is 6.42 Å². The molecule has 0 N–H and O–H groups in total. The quantitative estimate of drug-likeness (QED) is 0.867. The number of rotatable bonds is 4. The van der Waals surface area contributed by atoms with Crippen molar-refractivity contribution in [3.8, 4) is 5.69 Å². The van der Waals surface area contributed by atoms with E-state index in [4.69, 9.17) is 0 Å². The summed E-state index contributed by atoms with van der Waals surface area (Å²) < 4.78 is 1.86. The smallest absolute Gasteiger partial charge is 0.222 e. The van der Waals surface area contributed by atoms with Crippen molar-refractivity contribution in [2.75, 3.05) is 33.2 Å². The second kappa shape index (κ2) is 7.42. The Morgan fingerprint density at radius 2 is 1.96 bits per heavy atom. The largest absolute Gasteiger partial charge is 0.341 e. The zero-order chi connectivity index (χ0) is 16.1. The van der Waals surface area contributed by atoms with E-state index in [2.05, 4.69) is 17.0 Å². The van der Waals surface area contributed by atoms with Crippen LogP contribution in [0.15, 0.2) is 42.7 Å². The van der Waals surface area contributed by atoms with Gasteiger partial charge in [0.1, 0.15) is 0 Å². The summed E-state index contributed by atoms with van der Waals surface area (Å²) in [7, 11) is 2.12. The number of carbonyl (C=O) groups excluding carboxylic acids is 1. The van der Waals surface area contributed by atoms with E-state index in [9.17, 15) is 4.79 Å². The van der Waals surface area contributed by atoms with Crippen LogP contribution in [0.25, 0.3) is 5.69 Å². The monoisotopic (exact) mass is 312 g/mol. The Hall–Kier alpha value is -2.14. The molecule has 1 aliphatic heterocycles. The fourth-order valence-corrected chi connectivity index (χ4v) is 2.92. The van der Waals surface area contributed by atoms with Crippen molar-refractivity contribution in [1.29, 1.82) is 0 Å². The summed E-state index contributed by atoms with van der Waals surface area (Å²) in [6, 6.07) is 10.0. The number of hydrogen-bond donors (Lipinski definition) is 0. The van der Waals surface area contributed by atoms with Gasteiger partial charge in [-0.1, -0.05) is 18.2 Å². The highest BCUT2D eigenvalue weighted by Gasteiger charge is 2.17. The van der Waals surface area contributed by atoms with Crippen molar-refractivity contribution >= 4 is 5.91 Å². The van der Waals surface area contributed by atoms with Crippen LogP contribution in [0.2, 0.25) is 0 Å². The Kier molecular flexibility index (Phi) is 5.08. The molecule has 0 radical (unpaired) electrons. The molecule has 122 valence electrons. The first-order chi connectivity index (χ1) is 11.2. The number of amides is 1. The van der Waals surface area contributed by atoms with E-state index in [1.165, 1.54) is 0 Å². The van der Waals surface area contributed by atoms with Gasteiger partial charge in [-0.15, -0.1) is 0 Å². The molecule has 3 rings (SSSR count). The fraction of sp³-hybridized carbons (Fsp3) is 0.444. The molecule has 1 fully saturated rings. The minimum atomic E-state index is 0.257. The van der Waals surface area contributed by atoms with Gasteiger partial charge in [0.15, 0.2) is 0 Å². The van der Waals surface area contributed by atoms with Crippen molar-refractivity contribution in [2.24, 2.45) is 0 Å². The topological polar surface area (TPSA) is 41.4 Å². The third-order valence-electron chi connectivity index (χ3n) is 4.36. The van der Waals surface area contributed by atoms with Gasteiger partial charge in [0.05, 0.1) is 11.9 Å². The van der Waals surface area contributed by atoms with Gasteiger partial charge in [0.25, 0.3) is 0 Å². The summed E-state index contributed by atoms with van der Waals surface area (Å²) in [4.78, 5) is 16.7. The molecule has 5 nitrogen and oxygen atoms in total. The summed E-state index contributed by atoms with van der Waals surface area (Å²) in [6.45, 7) is 3.77. The van der Waals surface area contributed by atoms with Crippen LogP contribution >= 0.6 is 0 Å². The highest BCUT2D eigenvalue weighted by Crippen LogP contribution is 2.11. The second-order valence-electron chi connectivity index (χ2n) is 6.17. The molecule has 1 aromatic heterocycles. The van der Waals surface area contributed by atoms with Crippen LogP contribution in [0, 0.1) is 0 Å². The summed E-state index contributed by atoms with van der Waals surface area (Å²) in [5.41, 5.74) is 2.15. The van der Waals surface area contributed by atoms with Gasteiger partial charge >= 0.3 is 0 Å². The lowest BCUT2D eigenvalue weighted by Crippen LogP contribution is -2.34. The lowest BCUT2D eigenvalue weighted by atomic mass is 10.2. The highest BCUT2D eigenvalue weighted by molar-refractivity contribution is 5.76. The van der Waals surface area contributed by atoms with Crippen molar-refractivity contribution in [1.82, 2.24) is 19.6 Å². The van der Waals surface area contributed by atoms with Gasteiger partial charge in [0, 0.05) is 32.3 Å². The Morgan fingerprint density at radius 1 is 1.13 bits per heavy atom. The molecule has 0 atom stereocenters. The van der Waals surface area contributed by atoms with Gasteiger partial charge in [-0.3, -0.25) is 4.79 Å². The average molecular weight is 312 g/mol. The van der Waals surface area contributed by atoms with Crippen LogP contribution in [0.1, 0.15) is 18.4 Å². The number of hydrogen-bond acceptors (Lipinski definition) is 3. The lowest BCUT2D eigenvalue weighted by Gasteiger charge is -2.20. The molecule has 0 spiro atoms. The molecular formula is C18H24N4O. The van der Waals surface area contributed by atoms with Crippen LogP contribution in [0.5, 0.6) is 0 Å². The highest BCUT2D eigenvalue weighted by atomic mass is 16.2. The SMILES string of the molecule is CN1CCCN(C(=O)CCc2cnn(-c3ccccc3)c2)CC1. The van der Waals surface area contributed by atoms with Crippen LogP contribution in [-0.4, -0.2) is 58.7 Å². The van der Waals surface area contributed by atoms with Gasteiger partial charge in [-0.05, 0) is 44.1 Å². The van der Waals surface area contributed by atoms with Crippen LogP contribution in [0.4, 0.5) is 0 Å². The number of aryl methyl sites for hydroxylation is 1. The predicted molar refractivity (Wildman–Crippen MR) is 90.6 cm³/mol. The number of para-hydroxylation sites is 1. The van der Waals surface area contributed by atoms with E-state index in [1.807, 2.05) is 52.3 Å². The van der Waals surface area contributed by atoms with Crippen molar-refractivity contribution in [3.05, 3.63) is 48.3 Å². The molecule has 2 aromatic rings. The number of aromatic nitrogens is 2. The Bertz CT molecular complexity index is 637. The first kappa shape index (κ1) is 15.7. The standard InChI is InChI=1S/C18H24N4O/c1-20-10-5-11-21(13-12-20)18(23)9-8-16-14-19-22(15-16)17-6-3-2-4-7-17/h2-4,6-7,14-15H,5,8-13H2,1H3. The fourth-order valence-electron chi connectivity index (χ4n) is 2.92. The maximum atomic E-state index is 12.4. The molecule has 2 heterocycles. The summed E-state index contributed by atoms with van der Waals surface area (Å²) in [5, 5.41) is 4.39. The molecular weight excluding hydrogens is 288 g/mol. The number of benzene rings is 1. The molecule has 0 aliphatic carbocycles. The third kappa shape index (κ3) is 4.20. The maximum Gasteiger partial charge on any atom is 0.222 e. The maximum absolute atomic E-state index is 12.4. The Labute approximate surface area is 137 Å². The van der Waals surface area contributed by atoms with Crippen LogP contribution in [0.3, 0.4) is 0 Å². The molecule has 23 heavy (non-hydrogen) atoms. The van der Waals surface area contributed by atoms with E-state index < -0.39 is 0 Å². The van der Waals surface area contributed by atoms with Gasteiger partial charge in [-0.25, -0.2) is 4.68 Å². The second-order valence-corrected chi connectivity index (χ2v) is 6.17. The number of likely N-dealkylation sites (N-methyl/N-ethyl adjacent to an activating group) is 1. The average Bonchev–Trinajstić information content (AvgIpc) is 2.95. The van der Waals surface area contributed by atoms with Crippen molar-refractivity contribution in [3.63, 3.8) is 0 Å². The van der Waals surface area contributed by atoms with E-state index in [-0.39, 0.29) is 5.91 Å². The summed E-state index contributed by atoms with van der Waals surface area (Å²) >= 11 is 0. The van der Waals surface area contributed by atoms with Gasteiger partial charge in [0.2, 0.25) is 5.91 Å². The van der Waals surface area contributed by atoms with E-state index >= 15 is 0 Å². The van der Waals surface area contributed by atoms with Gasteiger partial charge < -0.3 is 9.80 Å². The minimum absolute atomic E-state index is 0.257. The van der Waals surface area contributed by atoms with E-state index in [0.717, 1.165) is 50.3 Å². The first-order valence-electron chi connectivity index (χ1n) is 8.28. The molecule has 5 heteroatoms. The molecule has 0 bridgehead atoms. The van der Waals surface area contributed by atoms with Crippen LogP contribution in [-0.2, 0) is 11.2 Å². The molecule has 0 unspecified atom stereocenters. The predicted octanol–water partition coefficient (Wildman–Crippen LogP) is 1.97. The minimum Gasteiger partial charge on any atom is -0.341 e. The summed E-state index contributed by atoms with van der Waals surface area (Å²) in [6.07, 6.45) is 6.24. The molecule has 1 aliphatic rings. The zero-order valence-electron chi connectivity index (χ0n) is 13.7. The molecule has 1 saturated heterocycles. The zero-order valence-corrected chi connectivity index (χ0v) is 13.7. The first-order valence-corrected chi connectivity index (χ1v) is 8.28. The normalized spacial score (nSPS) is 16.3. The van der Waals surface area contributed by atoms with Crippen molar-refractivity contribution < 1.29 is 4.79 Å². The van der Waals surface area contributed by atoms with Crippen molar-refractivity contribution in [2.45, 2.75) is 19.3 Å². The molecule has 0 saturated carbocycles. The Balaban J connectivity index is 1.54. The molecule has 1 amide bonds.